The topological polar surface area (TPSA) is 87.3 Å². The van der Waals surface area contributed by atoms with Gasteiger partial charge in [0.05, 0.1) is 7.85 Å². The molecule has 2 atom stereocenters. The van der Waals surface area contributed by atoms with Crippen molar-refractivity contribution in [2.45, 2.75) is 24.7 Å². The van der Waals surface area contributed by atoms with Crippen LogP contribution in [-0.2, 0) is 9.59 Å². The molecule has 1 saturated heterocycles. The van der Waals surface area contributed by atoms with E-state index in [9.17, 15) is 14.4 Å². The minimum absolute atomic E-state index is 0.0952. The van der Waals surface area contributed by atoms with Crippen LogP contribution in [0, 0.1) is 5.92 Å². The van der Waals surface area contributed by atoms with Crippen molar-refractivity contribution in [1.29, 1.82) is 0 Å². The number of imide groups is 1. The van der Waals surface area contributed by atoms with E-state index < -0.39 is 11.6 Å². The van der Waals surface area contributed by atoms with Crippen molar-refractivity contribution in [3.05, 3.63) is 12.2 Å². The van der Waals surface area contributed by atoms with Gasteiger partial charge in [0.15, 0.2) is 0 Å². The van der Waals surface area contributed by atoms with Gasteiger partial charge in [-0.2, -0.15) is 0 Å². The van der Waals surface area contributed by atoms with Crippen molar-refractivity contribution in [3.8, 4) is 0 Å². The van der Waals surface area contributed by atoms with Gasteiger partial charge in [0.2, 0.25) is 5.91 Å². The summed E-state index contributed by atoms with van der Waals surface area (Å²) >= 11 is 0. The molecule has 2 unspecified atom stereocenters. The molecule has 94 valence electrons. The van der Waals surface area contributed by atoms with Crippen LogP contribution in [0.4, 0.5) is 4.79 Å². The molecule has 1 aliphatic heterocycles. The summed E-state index contributed by atoms with van der Waals surface area (Å²) in [6.45, 7) is 0.278. The van der Waals surface area contributed by atoms with Gasteiger partial charge in [-0.1, -0.05) is 12.2 Å². The van der Waals surface area contributed by atoms with Crippen LogP contribution < -0.4 is 16.0 Å². The highest BCUT2D eigenvalue weighted by Gasteiger charge is 2.51. The van der Waals surface area contributed by atoms with Crippen molar-refractivity contribution >= 4 is 25.7 Å². The maximum absolute atomic E-state index is 11.9. The van der Waals surface area contributed by atoms with Crippen LogP contribution in [0.5, 0.6) is 0 Å². The summed E-state index contributed by atoms with van der Waals surface area (Å²) < 4.78 is 0. The van der Waals surface area contributed by atoms with Crippen molar-refractivity contribution in [3.63, 3.8) is 0 Å². The van der Waals surface area contributed by atoms with E-state index in [2.05, 4.69) is 16.0 Å². The zero-order valence-electron chi connectivity index (χ0n) is 9.86. The Morgan fingerprint density at radius 1 is 1.56 bits per heavy atom. The molecular formula is C11H14BN3O3. The first kappa shape index (κ1) is 12.7. The number of carbonyl (C=O) groups excluding carboxylic acids is 3. The lowest BCUT2D eigenvalue weighted by Gasteiger charge is -2.35. The number of hydrogen-bond acceptors (Lipinski definition) is 3. The number of nitrogens with one attached hydrogen (secondary N) is 3. The Morgan fingerprint density at radius 3 is 2.94 bits per heavy atom. The van der Waals surface area contributed by atoms with Crippen molar-refractivity contribution in [2.24, 2.45) is 5.92 Å². The van der Waals surface area contributed by atoms with Crippen LogP contribution in [0.2, 0.25) is 6.32 Å². The van der Waals surface area contributed by atoms with Crippen molar-refractivity contribution in [1.82, 2.24) is 16.0 Å². The number of urea groups is 1. The summed E-state index contributed by atoms with van der Waals surface area (Å²) in [4.78, 5) is 34.4. The SMILES string of the molecule is [B]CC(=O)NCC1C=CCCC12NC(=O)NC2=O. The fourth-order valence-electron chi connectivity index (χ4n) is 2.40. The van der Waals surface area contributed by atoms with Crippen LogP contribution in [-0.4, -0.2) is 37.8 Å². The molecule has 0 saturated carbocycles. The molecule has 2 rings (SSSR count). The van der Waals surface area contributed by atoms with E-state index in [1.54, 1.807) is 0 Å². The number of allylic oxidation sites excluding steroid dienone is 1. The molecule has 1 aliphatic carbocycles. The monoisotopic (exact) mass is 247 g/mol. The molecule has 0 bridgehead atoms. The predicted molar refractivity (Wildman–Crippen MR) is 64.8 cm³/mol. The van der Waals surface area contributed by atoms with Gasteiger partial charge in [-0.25, -0.2) is 4.79 Å². The van der Waals surface area contributed by atoms with Gasteiger partial charge in [-0.05, 0) is 19.2 Å². The normalized spacial score (nSPS) is 30.1. The average molecular weight is 247 g/mol. The van der Waals surface area contributed by atoms with Crippen molar-refractivity contribution < 1.29 is 14.4 Å². The molecule has 1 fully saturated rings. The lowest BCUT2D eigenvalue weighted by atomic mass is 9.76. The number of hydrogen-bond donors (Lipinski definition) is 3. The fourth-order valence-corrected chi connectivity index (χ4v) is 2.40. The Hall–Kier alpha value is -1.79. The smallest absolute Gasteiger partial charge is 0.322 e. The Kier molecular flexibility index (Phi) is 3.40. The first-order valence-electron chi connectivity index (χ1n) is 5.85. The van der Waals surface area contributed by atoms with Gasteiger partial charge in [-0.3, -0.25) is 14.9 Å². The molecule has 0 aromatic heterocycles. The minimum atomic E-state index is -0.937. The molecule has 3 N–H and O–H groups in total. The molecule has 6 nitrogen and oxygen atoms in total. The van der Waals surface area contributed by atoms with E-state index in [0.29, 0.717) is 6.42 Å². The van der Waals surface area contributed by atoms with Gasteiger partial charge in [-0.15, -0.1) is 0 Å². The molecule has 18 heavy (non-hydrogen) atoms. The summed E-state index contributed by atoms with van der Waals surface area (Å²) in [7, 11) is 5.20. The molecule has 2 aliphatic rings. The first-order valence-corrected chi connectivity index (χ1v) is 5.85. The second-order valence-electron chi connectivity index (χ2n) is 4.46. The highest BCUT2D eigenvalue weighted by Crippen LogP contribution is 2.31. The third-order valence-corrected chi connectivity index (χ3v) is 3.38. The standard InChI is InChI=1S/C11H14BN3O3/c12-5-8(16)13-6-7-3-1-2-4-11(7)9(17)14-10(18)15-11/h1,3,7H,2,4-6H2,(H,13,16)(H2,14,15,17,18). The molecule has 7 heteroatoms. The highest BCUT2D eigenvalue weighted by atomic mass is 16.2. The summed E-state index contributed by atoms with van der Waals surface area (Å²) in [5.74, 6) is -0.870. The Labute approximate surface area is 106 Å². The van der Waals surface area contributed by atoms with Crippen LogP contribution in [0.1, 0.15) is 12.8 Å². The van der Waals surface area contributed by atoms with E-state index in [1.807, 2.05) is 12.2 Å². The lowest BCUT2D eigenvalue weighted by Crippen LogP contribution is -2.56. The van der Waals surface area contributed by atoms with Gasteiger partial charge < -0.3 is 10.6 Å². The predicted octanol–water partition coefficient (Wildman–Crippen LogP) is -0.766. The minimum Gasteiger partial charge on any atom is -0.356 e. The second-order valence-corrected chi connectivity index (χ2v) is 4.46. The third kappa shape index (κ3) is 2.12. The molecule has 4 amide bonds. The fraction of sp³-hybridized carbons (Fsp3) is 0.545. The van der Waals surface area contributed by atoms with Gasteiger partial charge in [0.1, 0.15) is 5.54 Å². The zero-order chi connectivity index (χ0) is 13.2. The van der Waals surface area contributed by atoms with E-state index in [-0.39, 0.29) is 30.6 Å². The lowest BCUT2D eigenvalue weighted by molar-refractivity contribution is -0.126. The Balaban J connectivity index is 2.13. The average Bonchev–Trinajstić information content (AvgIpc) is 2.63. The molecule has 0 aromatic rings. The number of rotatable bonds is 3. The maximum Gasteiger partial charge on any atom is 0.322 e. The Bertz CT molecular complexity index is 424. The third-order valence-electron chi connectivity index (χ3n) is 3.38. The maximum atomic E-state index is 11.9. The molecule has 2 radical (unpaired) electrons. The number of carbonyl (C=O) groups is 3. The summed E-state index contributed by atoms with van der Waals surface area (Å²) in [6, 6.07) is -0.481. The van der Waals surface area contributed by atoms with Gasteiger partial charge >= 0.3 is 6.03 Å². The zero-order valence-corrected chi connectivity index (χ0v) is 9.86. The van der Waals surface area contributed by atoms with Gasteiger partial charge in [0, 0.05) is 12.5 Å². The molecule has 1 spiro atoms. The van der Waals surface area contributed by atoms with E-state index in [1.165, 1.54) is 0 Å². The van der Waals surface area contributed by atoms with Crippen LogP contribution in [0.3, 0.4) is 0 Å². The van der Waals surface area contributed by atoms with E-state index in [4.69, 9.17) is 7.85 Å². The molecular weight excluding hydrogens is 233 g/mol. The molecule has 1 heterocycles. The quantitative estimate of drug-likeness (QED) is 0.348. The first-order chi connectivity index (χ1) is 8.58. The summed E-state index contributed by atoms with van der Waals surface area (Å²) in [5.41, 5.74) is -0.937. The summed E-state index contributed by atoms with van der Waals surface area (Å²) in [5, 5.41) is 7.57. The van der Waals surface area contributed by atoms with Crippen LogP contribution in [0.25, 0.3) is 0 Å². The van der Waals surface area contributed by atoms with Gasteiger partial charge in [0.25, 0.3) is 5.91 Å². The second kappa shape index (κ2) is 4.84. The van der Waals surface area contributed by atoms with E-state index in [0.717, 1.165) is 6.42 Å². The largest absolute Gasteiger partial charge is 0.356 e. The molecule has 0 aromatic carbocycles. The highest BCUT2D eigenvalue weighted by molar-refractivity contribution is 6.19. The van der Waals surface area contributed by atoms with E-state index >= 15 is 0 Å². The van der Waals surface area contributed by atoms with Crippen LogP contribution >= 0.6 is 0 Å². The number of amides is 4. The Morgan fingerprint density at radius 2 is 2.33 bits per heavy atom. The van der Waals surface area contributed by atoms with Crippen LogP contribution in [0.15, 0.2) is 12.2 Å². The summed E-state index contributed by atoms with van der Waals surface area (Å²) in [6.07, 6.45) is 4.95. The van der Waals surface area contributed by atoms with Crippen molar-refractivity contribution in [2.75, 3.05) is 6.54 Å².